The van der Waals surface area contributed by atoms with E-state index in [1.165, 1.54) is 35.6 Å². The molecule has 1 saturated heterocycles. The van der Waals surface area contributed by atoms with E-state index in [-0.39, 0.29) is 0 Å². The van der Waals surface area contributed by atoms with Crippen LogP contribution in [0.5, 0.6) is 0 Å². The molecular formula is C15H26N2S. The second-order valence-electron chi connectivity index (χ2n) is 5.25. The van der Waals surface area contributed by atoms with Crippen molar-refractivity contribution in [1.82, 2.24) is 10.2 Å². The fourth-order valence-electron chi connectivity index (χ4n) is 2.86. The molecule has 1 atom stereocenters. The van der Waals surface area contributed by atoms with Crippen LogP contribution in [0.1, 0.15) is 48.4 Å². The van der Waals surface area contributed by atoms with Crippen LogP contribution in [0.15, 0.2) is 6.07 Å². The van der Waals surface area contributed by atoms with Crippen molar-refractivity contribution in [1.29, 1.82) is 0 Å². The summed E-state index contributed by atoms with van der Waals surface area (Å²) in [5, 5.41) is 3.42. The number of hydrogen-bond donors (Lipinski definition) is 1. The first-order valence-electron chi connectivity index (χ1n) is 7.27. The Bertz CT molecular complexity index is 373. The summed E-state index contributed by atoms with van der Waals surface area (Å²) in [6.45, 7) is 11.3. The highest BCUT2D eigenvalue weighted by atomic mass is 32.1. The highest BCUT2D eigenvalue weighted by Crippen LogP contribution is 2.27. The van der Waals surface area contributed by atoms with Gasteiger partial charge in [0, 0.05) is 28.9 Å². The summed E-state index contributed by atoms with van der Waals surface area (Å²) in [7, 11) is 0. The van der Waals surface area contributed by atoms with Crippen LogP contribution < -0.4 is 5.32 Å². The Kier molecular flexibility index (Phi) is 5.22. The Morgan fingerprint density at radius 1 is 1.44 bits per heavy atom. The predicted octanol–water partition coefficient (Wildman–Crippen LogP) is 3.54. The Morgan fingerprint density at radius 3 is 3.00 bits per heavy atom. The second-order valence-corrected chi connectivity index (χ2v) is 6.59. The first kappa shape index (κ1) is 14.0. The summed E-state index contributed by atoms with van der Waals surface area (Å²) >= 11 is 1.96. The van der Waals surface area contributed by atoms with Crippen LogP contribution in [0.2, 0.25) is 0 Å². The topological polar surface area (TPSA) is 15.3 Å². The molecule has 1 fully saturated rings. The van der Waals surface area contributed by atoms with Crippen LogP contribution in [0.25, 0.3) is 0 Å². The van der Waals surface area contributed by atoms with E-state index in [1.807, 2.05) is 11.3 Å². The average molecular weight is 266 g/mol. The summed E-state index contributed by atoms with van der Waals surface area (Å²) in [6, 6.07) is 3.23. The summed E-state index contributed by atoms with van der Waals surface area (Å²) in [6.07, 6.45) is 4.07. The Hall–Kier alpha value is -0.380. The summed E-state index contributed by atoms with van der Waals surface area (Å²) < 4.78 is 0. The van der Waals surface area contributed by atoms with Crippen molar-refractivity contribution in [2.75, 3.05) is 13.1 Å². The molecule has 1 aromatic heterocycles. The number of nitrogens with one attached hydrogen (secondary N) is 1. The minimum absolute atomic E-state index is 0.821. The Balaban J connectivity index is 1.98. The lowest BCUT2D eigenvalue weighted by atomic mass is 10.1. The van der Waals surface area contributed by atoms with Crippen LogP contribution in [0, 0.1) is 6.92 Å². The number of thiophene rings is 1. The monoisotopic (exact) mass is 266 g/mol. The molecule has 1 unspecified atom stereocenters. The van der Waals surface area contributed by atoms with Gasteiger partial charge in [0.05, 0.1) is 0 Å². The van der Waals surface area contributed by atoms with E-state index in [2.05, 4.69) is 37.1 Å². The fraction of sp³-hybridized carbons (Fsp3) is 0.733. The first-order valence-corrected chi connectivity index (χ1v) is 8.09. The van der Waals surface area contributed by atoms with Crippen LogP contribution in [-0.2, 0) is 13.1 Å². The number of hydrogen-bond acceptors (Lipinski definition) is 3. The first-order chi connectivity index (χ1) is 8.74. The molecule has 0 saturated carbocycles. The van der Waals surface area contributed by atoms with Gasteiger partial charge >= 0.3 is 0 Å². The average Bonchev–Trinajstić information content (AvgIpc) is 2.95. The van der Waals surface area contributed by atoms with Crippen molar-refractivity contribution in [3.05, 3.63) is 21.4 Å². The van der Waals surface area contributed by atoms with Crippen LogP contribution in [0.3, 0.4) is 0 Å². The SMILES string of the molecule is CCNCc1cc(CN2CCCC2CC)c(C)s1. The fourth-order valence-corrected chi connectivity index (χ4v) is 3.89. The van der Waals surface area contributed by atoms with E-state index in [1.54, 1.807) is 5.56 Å². The summed E-state index contributed by atoms with van der Waals surface area (Å²) in [5.74, 6) is 0. The maximum absolute atomic E-state index is 3.42. The van der Waals surface area contributed by atoms with Crippen LogP contribution >= 0.6 is 11.3 Å². The molecule has 0 bridgehead atoms. The van der Waals surface area contributed by atoms with E-state index in [9.17, 15) is 0 Å². The molecule has 2 nitrogen and oxygen atoms in total. The molecule has 18 heavy (non-hydrogen) atoms. The molecule has 1 aromatic rings. The van der Waals surface area contributed by atoms with E-state index >= 15 is 0 Å². The number of rotatable bonds is 6. The number of nitrogens with zero attached hydrogens (tertiary/aromatic N) is 1. The standard InChI is InChI=1S/C15H26N2S/c1-4-14-7-6-8-17(14)11-13-9-15(10-16-5-2)18-12(13)3/h9,14,16H,4-8,10-11H2,1-3H3. The van der Waals surface area contributed by atoms with Crippen molar-refractivity contribution in [2.45, 2.75) is 59.2 Å². The third-order valence-electron chi connectivity index (χ3n) is 3.96. The maximum Gasteiger partial charge on any atom is 0.0299 e. The summed E-state index contributed by atoms with van der Waals surface area (Å²) in [5.41, 5.74) is 1.55. The molecule has 0 aromatic carbocycles. The molecular weight excluding hydrogens is 240 g/mol. The van der Waals surface area contributed by atoms with Crippen LogP contribution in [-0.4, -0.2) is 24.0 Å². The van der Waals surface area contributed by atoms with Gasteiger partial charge in [-0.1, -0.05) is 13.8 Å². The highest BCUT2D eigenvalue weighted by molar-refractivity contribution is 7.12. The van der Waals surface area contributed by atoms with Gasteiger partial charge < -0.3 is 5.32 Å². The van der Waals surface area contributed by atoms with Crippen molar-refractivity contribution in [3.8, 4) is 0 Å². The number of likely N-dealkylation sites (tertiary alicyclic amines) is 1. The van der Waals surface area contributed by atoms with Crippen LogP contribution in [0.4, 0.5) is 0 Å². The van der Waals surface area contributed by atoms with E-state index in [0.717, 1.165) is 25.7 Å². The Labute approximate surface area is 115 Å². The van der Waals surface area contributed by atoms with Gasteiger partial charge in [0.25, 0.3) is 0 Å². The highest BCUT2D eigenvalue weighted by Gasteiger charge is 2.23. The second kappa shape index (κ2) is 6.69. The quantitative estimate of drug-likeness (QED) is 0.847. The largest absolute Gasteiger partial charge is 0.312 e. The van der Waals surface area contributed by atoms with Gasteiger partial charge in [-0.15, -0.1) is 11.3 Å². The third-order valence-corrected chi connectivity index (χ3v) is 5.06. The predicted molar refractivity (Wildman–Crippen MR) is 80.2 cm³/mol. The molecule has 2 rings (SSSR count). The molecule has 102 valence electrons. The molecule has 1 aliphatic rings. The van der Waals surface area contributed by atoms with Gasteiger partial charge in [-0.2, -0.15) is 0 Å². The van der Waals surface area contributed by atoms with Crippen molar-refractivity contribution < 1.29 is 0 Å². The van der Waals surface area contributed by atoms with E-state index < -0.39 is 0 Å². The normalized spacial score (nSPS) is 20.7. The minimum Gasteiger partial charge on any atom is -0.312 e. The lowest BCUT2D eigenvalue weighted by Gasteiger charge is -2.23. The van der Waals surface area contributed by atoms with Gasteiger partial charge in [0.1, 0.15) is 0 Å². The minimum atomic E-state index is 0.821. The van der Waals surface area contributed by atoms with Crippen molar-refractivity contribution in [2.24, 2.45) is 0 Å². The molecule has 2 heterocycles. The lowest BCUT2D eigenvalue weighted by Crippen LogP contribution is -2.28. The maximum atomic E-state index is 3.42. The van der Waals surface area contributed by atoms with Crippen molar-refractivity contribution in [3.63, 3.8) is 0 Å². The molecule has 0 aliphatic carbocycles. The van der Waals surface area contributed by atoms with E-state index in [0.29, 0.717) is 0 Å². The van der Waals surface area contributed by atoms with Crippen molar-refractivity contribution >= 4 is 11.3 Å². The molecule has 1 N–H and O–H groups in total. The molecule has 1 aliphatic heterocycles. The smallest absolute Gasteiger partial charge is 0.0299 e. The van der Waals surface area contributed by atoms with Gasteiger partial charge in [0.2, 0.25) is 0 Å². The van der Waals surface area contributed by atoms with Gasteiger partial charge in [0.15, 0.2) is 0 Å². The zero-order valence-corrected chi connectivity index (χ0v) is 12.8. The molecule has 0 amide bonds. The van der Waals surface area contributed by atoms with Gasteiger partial charge in [-0.3, -0.25) is 4.90 Å². The van der Waals surface area contributed by atoms with E-state index in [4.69, 9.17) is 0 Å². The van der Waals surface area contributed by atoms with Gasteiger partial charge in [-0.05, 0) is 50.9 Å². The third kappa shape index (κ3) is 3.34. The van der Waals surface area contributed by atoms with Gasteiger partial charge in [-0.25, -0.2) is 0 Å². The zero-order valence-electron chi connectivity index (χ0n) is 12.0. The zero-order chi connectivity index (χ0) is 13.0. The lowest BCUT2D eigenvalue weighted by molar-refractivity contribution is 0.240. The summed E-state index contributed by atoms with van der Waals surface area (Å²) in [4.78, 5) is 5.66. The Morgan fingerprint density at radius 2 is 2.28 bits per heavy atom. The molecule has 0 spiro atoms. The molecule has 0 radical (unpaired) electrons. The molecule has 3 heteroatoms. The number of aryl methyl sites for hydroxylation is 1.